The van der Waals surface area contributed by atoms with Crippen LogP contribution in [0.5, 0.6) is 0 Å². The standard InChI is InChI=1S/C16H18FN3O.2ClH/c17-11-4-5-14-12(8-11)13(16(21)19-7-1-6-18)9-15(20-14)10-2-3-10;;/h4-5,8-10H,1-3,6-7,18H2,(H,19,21);2*1H. The largest absolute Gasteiger partial charge is 0.352 e. The zero-order valence-electron chi connectivity index (χ0n) is 12.5. The number of benzene rings is 1. The second-order valence-corrected chi connectivity index (χ2v) is 5.43. The normalized spacial score (nSPS) is 13.1. The third-order valence-corrected chi connectivity index (χ3v) is 3.70. The number of nitrogens with two attached hydrogens (primary N) is 1. The Morgan fingerprint density at radius 2 is 2.04 bits per heavy atom. The number of carbonyl (C=O) groups is 1. The number of nitrogens with zero attached hydrogens (tertiary/aromatic N) is 1. The van der Waals surface area contributed by atoms with Crippen LogP contribution in [0.25, 0.3) is 10.9 Å². The first kappa shape index (κ1) is 19.6. The van der Waals surface area contributed by atoms with E-state index in [1.807, 2.05) is 0 Å². The number of aromatic nitrogens is 1. The minimum atomic E-state index is -0.362. The number of pyridine rings is 1. The van der Waals surface area contributed by atoms with Gasteiger partial charge in [0.2, 0.25) is 0 Å². The highest BCUT2D eigenvalue weighted by atomic mass is 35.5. The van der Waals surface area contributed by atoms with E-state index in [1.165, 1.54) is 12.1 Å². The lowest BCUT2D eigenvalue weighted by atomic mass is 10.0. The molecule has 1 fully saturated rings. The van der Waals surface area contributed by atoms with Crippen molar-refractivity contribution < 1.29 is 9.18 Å². The van der Waals surface area contributed by atoms with Crippen molar-refractivity contribution >= 4 is 41.6 Å². The summed E-state index contributed by atoms with van der Waals surface area (Å²) >= 11 is 0. The van der Waals surface area contributed by atoms with Crippen LogP contribution in [-0.4, -0.2) is 24.0 Å². The summed E-state index contributed by atoms with van der Waals surface area (Å²) in [6.07, 6.45) is 2.93. The first-order valence-electron chi connectivity index (χ1n) is 7.27. The molecule has 3 N–H and O–H groups in total. The van der Waals surface area contributed by atoms with E-state index in [9.17, 15) is 9.18 Å². The van der Waals surface area contributed by atoms with E-state index in [1.54, 1.807) is 12.1 Å². The van der Waals surface area contributed by atoms with Crippen LogP contribution in [0.15, 0.2) is 24.3 Å². The molecule has 1 heterocycles. The molecule has 1 aliphatic rings. The van der Waals surface area contributed by atoms with Gasteiger partial charge >= 0.3 is 0 Å². The van der Waals surface area contributed by atoms with E-state index in [0.717, 1.165) is 25.0 Å². The summed E-state index contributed by atoms with van der Waals surface area (Å²) < 4.78 is 13.5. The highest BCUT2D eigenvalue weighted by Gasteiger charge is 2.27. The molecule has 1 amide bonds. The zero-order chi connectivity index (χ0) is 14.8. The van der Waals surface area contributed by atoms with Gasteiger partial charge in [-0.2, -0.15) is 0 Å². The summed E-state index contributed by atoms with van der Waals surface area (Å²) in [5.41, 5.74) is 7.52. The Kier molecular flexibility index (Phi) is 7.19. The van der Waals surface area contributed by atoms with Crippen LogP contribution in [0.2, 0.25) is 0 Å². The predicted octanol–water partition coefficient (Wildman–Crippen LogP) is 3.17. The Balaban J connectivity index is 0.00000132. The fourth-order valence-electron chi connectivity index (χ4n) is 2.39. The molecular formula is C16H20Cl2FN3O. The summed E-state index contributed by atoms with van der Waals surface area (Å²) in [6.45, 7) is 1.05. The van der Waals surface area contributed by atoms with Crippen LogP contribution >= 0.6 is 24.8 Å². The Bertz CT molecular complexity index is 692. The molecule has 0 aliphatic heterocycles. The van der Waals surface area contributed by atoms with Crippen molar-refractivity contribution in [3.05, 3.63) is 41.3 Å². The Morgan fingerprint density at radius 1 is 1.30 bits per heavy atom. The zero-order valence-corrected chi connectivity index (χ0v) is 14.2. The lowest BCUT2D eigenvalue weighted by Gasteiger charge is -2.10. The number of amides is 1. The molecule has 1 aromatic heterocycles. The third kappa shape index (κ3) is 4.53. The van der Waals surface area contributed by atoms with Crippen molar-refractivity contribution in [3.8, 4) is 0 Å². The van der Waals surface area contributed by atoms with Crippen LogP contribution in [0, 0.1) is 5.82 Å². The van der Waals surface area contributed by atoms with Gasteiger partial charge in [0.1, 0.15) is 5.82 Å². The summed E-state index contributed by atoms with van der Waals surface area (Å²) in [5, 5.41) is 3.39. The molecule has 0 unspecified atom stereocenters. The average Bonchev–Trinajstić information content (AvgIpc) is 3.31. The van der Waals surface area contributed by atoms with Gasteiger partial charge in [0, 0.05) is 23.5 Å². The minimum Gasteiger partial charge on any atom is -0.352 e. The van der Waals surface area contributed by atoms with E-state index in [4.69, 9.17) is 5.73 Å². The summed E-state index contributed by atoms with van der Waals surface area (Å²) in [7, 11) is 0. The van der Waals surface area contributed by atoms with Crippen LogP contribution in [0.4, 0.5) is 4.39 Å². The molecule has 2 aromatic rings. The first-order chi connectivity index (χ1) is 10.2. The van der Waals surface area contributed by atoms with Gasteiger partial charge in [-0.1, -0.05) is 0 Å². The maximum atomic E-state index is 13.5. The van der Waals surface area contributed by atoms with E-state index in [-0.39, 0.29) is 36.5 Å². The van der Waals surface area contributed by atoms with Crippen molar-refractivity contribution in [2.75, 3.05) is 13.1 Å². The highest BCUT2D eigenvalue weighted by molar-refractivity contribution is 6.06. The molecule has 0 saturated heterocycles. The van der Waals surface area contributed by atoms with Gasteiger partial charge in [0.25, 0.3) is 5.91 Å². The van der Waals surface area contributed by atoms with Crippen molar-refractivity contribution in [1.29, 1.82) is 0 Å². The molecule has 4 nitrogen and oxygen atoms in total. The SMILES string of the molecule is Cl.Cl.NCCCNC(=O)c1cc(C2CC2)nc2ccc(F)cc12. The van der Waals surface area contributed by atoms with Crippen LogP contribution in [-0.2, 0) is 0 Å². The number of hydrogen-bond acceptors (Lipinski definition) is 3. The maximum Gasteiger partial charge on any atom is 0.252 e. The Morgan fingerprint density at radius 3 is 2.70 bits per heavy atom. The van der Waals surface area contributed by atoms with E-state index in [0.29, 0.717) is 35.5 Å². The van der Waals surface area contributed by atoms with Gasteiger partial charge in [0.15, 0.2) is 0 Å². The molecule has 1 saturated carbocycles. The Hall–Kier alpha value is -1.43. The minimum absolute atomic E-state index is 0. The third-order valence-electron chi connectivity index (χ3n) is 3.70. The fraction of sp³-hybridized carbons (Fsp3) is 0.375. The van der Waals surface area contributed by atoms with Gasteiger partial charge in [-0.15, -0.1) is 24.8 Å². The maximum absolute atomic E-state index is 13.5. The molecule has 0 radical (unpaired) electrons. The molecule has 7 heteroatoms. The van der Waals surface area contributed by atoms with E-state index in [2.05, 4.69) is 10.3 Å². The first-order valence-corrected chi connectivity index (χ1v) is 7.27. The molecule has 0 atom stereocenters. The van der Waals surface area contributed by atoms with Crippen LogP contribution in [0.3, 0.4) is 0 Å². The molecule has 3 rings (SSSR count). The topological polar surface area (TPSA) is 68.0 Å². The molecule has 126 valence electrons. The summed E-state index contributed by atoms with van der Waals surface area (Å²) in [4.78, 5) is 16.9. The van der Waals surface area contributed by atoms with Crippen molar-refractivity contribution in [3.63, 3.8) is 0 Å². The smallest absolute Gasteiger partial charge is 0.252 e. The molecule has 1 aromatic carbocycles. The quantitative estimate of drug-likeness (QED) is 0.805. The van der Waals surface area contributed by atoms with Gasteiger partial charge in [-0.05, 0) is 50.1 Å². The summed E-state index contributed by atoms with van der Waals surface area (Å²) in [5.74, 6) is -0.113. The molecule has 1 aliphatic carbocycles. The van der Waals surface area contributed by atoms with Gasteiger partial charge in [-0.3, -0.25) is 9.78 Å². The lowest BCUT2D eigenvalue weighted by Crippen LogP contribution is -2.26. The number of hydrogen-bond donors (Lipinski definition) is 2. The van der Waals surface area contributed by atoms with Crippen molar-refractivity contribution in [2.24, 2.45) is 5.73 Å². The Labute approximate surface area is 146 Å². The molecular weight excluding hydrogens is 340 g/mol. The number of rotatable bonds is 5. The number of nitrogens with one attached hydrogen (secondary N) is 1. The average molecular weight is 360 g/mol. The lowest BCUT2D eigenvalue weighted by molar-refractivity contribution is 0.0955. The predicted molar refractivity (Wildman–Crippen MR) is 94.2 cm³/mol. The molecule has 0 bridgehead atoms. The second-order valence-electron chi connectivity index (χ2n) is 5.43. The fourth-order valence-corrected chi connectivity index (χ4v) is 2.39. The summed E-state index contributed by atoms with van der Waals surface area (Å²) in [6, 6.07) is 6.18. The number of halogens is 3. The molecule has 0 spiro atoms. The highest BCUT2D eigenvalue weighted by Crippen LogP contribution is 2.40. The van der Waals surface area contributed by atoms with Crippen molar-refractivity contribution in [2.45, 2.75) is 25.2 Å². The van der Waals surface area contributed by atoms with Gasteiger partial charge < -0.3 is 11.1 Å². The van der Waals surface area contributed by atoms with Crippen LogP contribution < -0.4 is 11.1 Å². The second kappa shape index (κ2) is 8.43. The van der Waals surface area contributed by atoms with Crippen LogP contribution in [0.1, 0.15) is 41.2 Å². The number of fused-ring (bicyclic) bond motifs is 1. The van der Waals surface area contributed by atoms with Gasteiger partial charge in [0.05, 0.1) is 11.1 Å². The molecule has 23 heavy (non-hydrogen) atoms. The monoisotopic (exact) mass is 359 g/mol. The van der Waals surface area contributed by atoms with Gasteiger partial charge in [-0.25, -0.2) is 4.39 Å². The number of carbonyl (C=O) groups excluding carboxylic acids is 1. The van der Waals surface area contributed by atoms with E-state index >= 15 is 0 Å². The van der Waals surface area contributed by atoms with Crippen molar-refractivity contribution in [1.82, 2.24) is 10.3 Å². The van der Waals surface area contributed by atoms with E-state index < -0.39 is 0 Å².